The second-order valence-corrected chi connectivity index (χ2v) is 13.0. The zero-order valence-corrected chi connectivity index (χ0v) is 23.2. The highest BCUT2D eigenvalue weighted by molar-refractivity contribution is 5.95. The molecule has 0 aliphatic heterocycles. The molecule has 0 saturated heterocycles. The number of allylic oxidation sites excluding steroid dienone is 3. The molecule has 3 aliphatic rings. The number of phenols is 2. The van der Waals surface area contributed by atoms with Crippen LogP contribution >= 0.6 is 0 Å². The number of aryl methyl sites for hydroxylation is 1. The Morgan fingerprint density at radius 2 is 1.94 bits per heavy atom. The molecule has 2 N–H and O–H groups in total. The van der Waals surface area contributed by atoms with Gasteiger partial charge in [-0.05, 0) is 87.7 Å². The zero-order valence-electron chi connectivity index (χ0n) is 23.2. The first kappa shape index (κ1) is 26.8. The van der Waals surface area contributed by atoms with Gasteiger partial charge in [0.25, 0.3) is 0 Å². The van der Waals surface area contributed by atoms with Gasteiger partial charge in [0.15, 0.2) is 0 Å². The van der Waals surface area contributed by atoms with Crippen molar-refractivity contribution in [2.45, 2.75) is 111 Å². The fourth-order valence-electron chi connectivity index (χ4n) is 7.61. The Morgan fingerprint density at radius 3 is 2.53 bits per heavy atom. The van der Waals surface area contributed by atoms with Crippen LogP contribution in [0, 0.1) is 22.7 Å². The highest BCUT2D eigenvalue weighted by atomic mass is 16.5. The predicted octanol–water partition coefficient (Wildman–Crippen LogP) is 8.22. The zero-order chi connectivity index (χ0) is 26.4. The van der Waals surface area contributed by atoms with E-state index in [1.165, 1.54) is 5.57 Å². The molecule has 198 valence electrons. The van der Waals surface area contributed by atoms with Crippen LogP contribution < -0.4 is 0 Å². The molecule has 1 aromatic carbocycles. The molecule has 3 unspecified atom stereocenters. The lowest BCUT2D eigenvalue weighted by Gasteiger charge is -2.38. The molecule has 1 aromatic rings. The number of carbonyl (C=O) groups excluding carboxylic acids is 1. The van der Waals surface area contributed by atoms with Gasteiger partial charge in [-0.15, -0.1) is 0 Å². The van der Waals surface area contributed by atoms with Crippen molar-refractivity contribution in [2.75, 3.05) is 0 Å². The highest BCUT2D eigenvalue weighted by Crippen LogP contribution is 2.63. The Hall–Kier alpha value is -2.23. The average molecular weight is 495 g/mol. The second kappa shape index (κ2) is 9.91. The molecule has 4 heteroatoms. The van der Waals surface area contributed by atoms with Crippen molar-refractivity contribution >= 4 is 5.97 Å². The second-order valence-electron chi connectivity index (χ2n) is 13.0. The summed E-state index contributed by atoms with van der Waals surface area (Å²) in [6.45, 7) is 17.3. The lowest BCUT2D eigenvalue weighted by molar-refractivity contribution is -0.0224. The van der Waals surface area contributed by atoms with Crippen LogP contribution in [0.5, 0.6) is 11.5 Å². The molecule has 36 heavy (non-hydrogen) atoms. The van der Waals surface area contributed by atoms with E-state index in [0.29, 0.717) is 23.5 Å². The average Bonchev–Trinajstić information content (AvgIpc) is 3.21. The molecule has 2 bridgehead atoms. The normalized spacial score (nSPS) is 30.8. The van der Waals surface area contributed by atoms with E-state index in [-0.39, 0.29) is 45.8 Å². The summed E-state index contributed by atoms with van der Waals surface area (Å²) in [5, 5.41) is 22.8. The van der Waals surface area contributed by atoms with Crippen LogP contribution in [0.15, 0.2) is 29.9 Å². The van der Waals surface area contributed by atoms with Crippen molar-refractivity contribution in [1.82, 2.24) is 0 Å². The number of aromatic hydroxyl groups is 2. The van der Waals surface area contributed by atoms with Crippen LogP contribution in [0.4, 0.5) is 0 Å². The minimum Gasteiger partial charge on any atom is -0.507 e. The number of benzene rings is 1. The topological polar surface area (TPSA) is 66.8 Å². The highest BCUT2D eigenvalue weighted by Gasteiger charge is 2.58. The van der Waals surface area contributed by atoms with Gasteiger partial charge >= 0.3 is 5.97 Å². The van der Waals surface area contributed by atoms with Crippen molar-refractivity contribution < 1.29 is 19.7 Å². The van der Waals surface area contributed by atoms with Crippen LogP contribution in [-0.4, -0.2) is 22.3 Å². The Balaban J connectivity index is 1.73. The van der Waals surface area contributed by atoms with Gasteiger partial charge in [-0.3, -0.25) is 0 Å². The number of ether oxygens (including phenoxy) is 1. The van der Waals surface area contributed by atoms with Gasteiger partial charge in [0.05, 0.1) is 0 Å². The fraction of sp³-hybridized carbons (Fsp3) is 0.656. The summed E-state index contributed by atoms with van der Waals surface area (Å²) >= 11 is 0. The van der Waals surface area contributed by atoms with Gasteiger partial charge in [0, 0.05) is 16.9 Å². The summed E-state index contributed by atoms with van der Waals surface area (Å²) in [5.74, 6) is -0.0470. The minimum atomic E-state index is -0.444. The van der Waals surface area contributed by atoms with Gasteiger partial charge in [-0.1, -0.05) is 64.3 Å². The summed E-state index contributed by atoms with van der Waals surface area (Å²) in [4.78, 5) is 13.8. The number of carbonyl (C=O) groups is 1. The van der Waals surface area contributed by atoms with E-state index in [4.69, 9.17) is 4.74 Å². The van der Waals surface area contributed by atoms with Crippen LogP contribution in [-0.2, 0) is 11.2 Å². The first-order valence-electron chi connectivity index (χ1n) is 14.0. The third-order valence-corrected chi connectivity index (χ3v) is 9.57. The summed E-state index contributed by atoms with van der Waals surface area (Å²) < 4.78 is 6.22. The number of fused-ring (bicyclic) bond motifs is 2. The number of esters is 1. The Kier molecular flexibility index (Phi) is 7.38. The molecule has 0 aromatic heterocycles. The smallest absolute Gasteiger partial charge is 0.342 e. The van der Waals surface area contributed by atoms with Gasteiger partial charge in [0.1, 0.15) is 23.2 Å². The van der Waals surface area contributed by atoms with E-state index in [1.807, 2.05) is 6.92 Å². The van der Waals surface area contributed by atoms with Crippen molar-refractivity contribution in [2.24, 2.45) is 22.7 Å². The maximum absolute atomic E-state index is 13.8. The van der Waals surface area contributed by atoms with Crippen LogP contribution in [0.25, 0.3) is 0 Å². The van der Waals surface area contributed by atoms with Gasteiger partial charge in [0.2, 0.25) is 0 Å². The van der Waals surface area contributed by atoms with E-state index in [9.17, 15) is 15.0 Å². The molecule has 0 heterocycles. The van der Waals surface area contributed by atoms with Crippen molar-refractivity contribution in [3.8, 4) is 11.5 Å². The lowest BCUT2D eigenvalue weighted by Crippen LogP contribution is -2.37. The summed E-state index contributed by atoms with van der Waals surface area (Å²) in [7, 11) is 0. The van der Waals surface area contributed by atoms with Gasteiger partial charge in [-0.25, -0.2) is 4.79 Å². The van der Waals surface area contributed by atoms with Gasteiger partial charge in [-0.2, -0.15) is 0 Å². The molecule has 0 amide bonds. The van der Waals surface area contributed by atoms with E-state index >= 15 is 0 Å². The third kappa shape index (κ3) is 4.85. The van der Waals surface area contributed by atoms with E-state index in [2.05, 4.69) is 47.3 Å². The number of hydrogen-bond acceptors (Lipinski definition) is 4. The van der Waals surface area contributed by atoms with E-state index in [1.54, 1.807) is 6.07 Å². The quantitative estimate of drug-likeness (QED) is 0.217. The maximum Gasteiger partial charge on any atom is 0.342 e. The number of hydrogen-bond donors (Lipinski definition) is 2. The molecule has 4 nitrogen and oxygen atoms in total. The van der Waals surface area contributed by atoms with Crippen LogP contribution in [0.1, 0.15) is 120 Å². The molecule has 0 radical (unpaired) electrons. The molecule has 0 spiro atoms. The molecule has 2 fully saturated rings. The molecular weight excluding hydrogens is 448 g/mol. The molecule has 5 atom stereocenters. The van der Waals surface area contributed by atoms with Crippen LogP contribution in [0.2, 0.25) is 0 Å². The number of unbranched alkanes of at least 4 members (excludes halogenated alkanes) is 2. The van der Waals surface area contributed by atoms with Crippen molar-refractivity contribution in [3.63, 3.8) is 0 Å². The monoisotopic (exact) mass is 494 g/mol. The SMILES string of the molecule is C=C(C)[C@@H]1CCC(C)=C[C@H]1c1c(O)cc(CCCCC)c(C(=O)OC2CC3CC2(C)CC3(C)C)c1O. The summed E-state index contributed by atoms with van der Waals surface area (Å²) in [5.41, 5.74) is 3.88. The molecular formula is C32H46O4. The number of phenolic OH excluding ortho intramolecular Hbond substituents is 2. The Morgan fingerprint density at radius 1 is 1.22 bits per heavy atom. The first-order chi connectivity index (χ1) is 16.9. The lowest BCUT2D eigenvalue weighted by atomic mass is 9.71. The minimum absolute atomic E-state index is 0.0180. The number of rotatable bonds is 8. The summed E-state index contributed by atoms with van der Waals surface area (Å²) in [6.07, 6.45) is 10.5. The van der Waals surface area contributed by atoms with Gasteiger partial charge < -0.3 is 14.9 Å². The third-order valence-electron chi connectivity index (χ3n) is 9.57. The van der Waals surface area contributed by atoms with E-state index < -0.39 is 5.97 Å². The fourth-order valence-corrected chi connectivity index (χ4v) is 7.61. The standard InChI is InChI=1S/C32H46O4/c1-8-9-10-11-21-15-25(33)28(24-14-20(4)12-13-23(24)19(2)3)29(34)27(21)30(35)36-26-16-22-17-32(26,7)18-31(22,5)6/h14-15,22-24,26,33-34H,2,8-13,16-18H2,1,3-7H3/t22?,23-,24+,26?,32?/m0/s1. The first-order valence-corrected chi connectivity index (χ1v) is 14.0. The largest absolute Gasteiger partial charge is 0.507 e. The Labute approximate surface area is 217 Å². The van der Waals surface area contributed by atoms with E-state index in [0.717, 1.165) is 56.9 Å². The van der Waals surface area contributed by atoms with Crippen molar-refractivity contribution in [3.05, 3.63) is 46.6 Å². The predicted molar refractivity (Wildman–Crippen MR) is 145 cm³/mol. The Bertz CT molecular complexity index is 1060. The molecule has 3 aliphatic carbocycles. The van der Waals surface area contributed by atoms with Crippen molar-refractivity contribution in [1.29, 1.82) is 0 Å². The maximum atomic E-state index is 13.8. The molecule has 4 rings (SSSR count). The summed E-state index contributed by atoms with van der Waals surface area (Å²) in [6, 6.07) is 1.71. The van der Waals surface area contributed by atoms with Crippen LogP contribution in [0.3, 0.4) is 0 Å². The molecule has 2 saturated carbocycles.